The van der Waals surface area contributed by atoms with Gasteiger partial charge in [-0.05, 0) is 24.3 Å². The predicted molar refractivity (Wildman–Crippen MR) is 93.5 cm³/mol. The van der Waals surface area contributed by atoms with Gasteiger partial charge in [0.15, 0.2) is 5.65 Å². The Morgan fingerprint density at radius 2 is 2.04 bits per heavy atom. The first-order valence-electron chi connectivity index (χ1n) is 8.47. The van der Waals surface area contributed by atoms with E-state index in [1.54, 1.807) is 6.20 Å². The first-order valence-corrected chi connectivity index (χ1v) is 8.47. The Balaban J connectivity index is 1.51. The van der Waals surface area contributed by atoms with Gasteiger partial charge < -0.3 is 0 Å². The summed E-state index contributed by atoms with van der Waals surface area (Å²) < 4.78 is 0. The third kappa shape index (κ3) is 2.99. The molecule has 0 fully saturated rings. The highest BCUT2D eigenvalue weighted by atomic mass is 15.1. The third-order valence-corrected chi connectivity index (χ3v) is 4.46. The van der Waals surface area contributed by atoms with Crippen molar-refractivity contribution in [2.45, 2.75) is 39.3 Å². The molecule has 0 unspecified atom stereocenters. The molecule has 0 saturated heterocycles. The van der Waals surface area contributed by atoms with Gasteiger partial charge in [0.2, 0.25) is 0 Å². The van der Waals surface area contributed by atoms with Gasteiger partial charge in [0, 0.05) is 61.0 Å². The largest absolute Gasteiger partial charge is 0.293 e. The third-order valence-electron chi connectivity index (χ3n) is 4.46. The fourth-order valence-corrected chi connectivity index (χ4v) is 3.11. The Morgan fingerprint density at radius 3 is 2.92 bits per heavy atom. The molecular weight excluding hydrogens is 298 g/mol. The van der Waals surface area contributed by atoms with Crippen molar-refractivity contribution in [2.24, 2.45) is 0 Å². The normalized spacial score (nSPS) is 15.0. The predicted octanol–water partition coefficient (Wildman–Crippen LogP) is 3.10. The highest BCUT2D eigenvalue weighted by molar-refractivity contribution is 5.74. The van der Waals surface area contributed by atoms with Crippen molar-refractivity contribution >= 4 is 11.0 Å². The van der Waals surface area contributed by atoms with Crippen LogP contribution >= 0.6 is 0 Å². The van der Waals surface area contributed by atoms with E-state index in [0.29, 0.717) is 5.92 Å². The fourth-order valence-electron chi connectivity index (χ4n) is 3.11. The summed E-state index contributed by atoms with van der Waals surface area (Å²) in [5.41, 5.74) is 4.32. The van der Waals surface area contributed by atoms with Gasteiger partial charge in [-0.1, -0.05) is 13.8 Å². The van der Waals surface area contributed by atoms with E-state index < -0.39 is 0 Å². The second-order valence-corrected chi connectivity index (χ2v) is 6.67. The van der Waals surface area contributed by atoms with Crippen LogP contribution in [0.2, 0.25) is 0 Å². The SMILES string of the molecule is CC(C)c1ncc2c(n1)CCN(Cc1ccc3cccnc3n1)C2. The van der Waals surface area contributed by atoms with E-state index in [9.17, 15) is 0 Å². The Labute approximate surface area is 141 Å². The molecule has 122 valence electrons. The van der Waals surface area contributed by atoms with E-state index in [-0.39, 0.29) is 0 Å². The van der Waals surface area contributed by atoms with Gasteiger partial charge in [-0.25, -0.2) is 19.9 Å². The molecule has 0 atom stereocenters. The first kappa shape index (κ1) is 15.1. The van der Waals surface area contributed by atoms with Gasteiger partial charge in [-0.3, -0.25) is 4.90 Å². The van der Waals surface area contributed by atoms with Crippen LogP contribution in [0.1, 0.15) is 42.5 Å². The maximum Gasteiger partial charge on any atom is 0.159 e. The van der Waals surface area contributed by atoms with Crippen LogP contribution in [-0.2, 0) is 19.5 Å². The summed E-state index contributed by atoms with van der Waals surface area (Å²) in [5.74, 6) is 1.33. The van der Waals surface area contributed by atoms with Crippen molar-refractivity contribution in [1.82, 2.24) is 24.8 Å². The second kappa shape index (κ2) is 6.24. The van der Waals surface area contributed by atoms with Crippen LogP contribution in [0.25, 0.3) is 11.0 Å². The highest BCUT2D eigenvalue weighted by Gasteiger charge is 2.19. The van der Waals surface area contributed by atoms with Crippen LogP contribution in [0.5, 0.6) is 0 Å². The molecule has 0 aromatic carbocycles. The molecule has 3 aromatic rings. The van der Waals surface area contributed by atoms with E-state index in [1.165, 1.54) is 11.3 Å². The topological polar surface area (TPSA) is 54.8 Å². The Morgan fingerprint density at radius 1 is 1.12 bits per heavy atom. The molecule has 24 heavy (non-hydrogen) atoms. The molecule has 0 amide bonds. The van der Waals surface area contributed by atoms with Crippen molar-refractivity contribution in [3.8, 4) is 0 Å². The van der Waals surface area contributed by atoms with Crippen molar-refractivity contribution in [1.29, 1.82) is 0 Å². The van der Waals surface area contributed by atoms with Gasteiger partial charge >= 0.3 is 0 Å². The van der Waals surface area contributed by atoms with E-state index in [1.807, 2.05) is 18.3 Å². The number of fused-ring (bicyclic) bond motifs is 2. The molecule has 0 spiro atoms. The summed E-state index contributed by atoms with van der Waals surface area (Å²) in [5, 5.41) is 1.08. The minimum atomic E-state index is 0.377. The maximum atomic E-state index is 4.73. The number of hydrogen-bond acceptors (Lipinski definition) is 5. The molecule has 0 radical (unpaired) electrons. The lowest BCUT2D eigenvalue weighted by Crippen LogP contribution is -2.31. The summed E-state index contributed by atoms with van der Waals surface area (Å²) in [4.78, 5) is 20.7. The molecule has 5 nitrogen and oxygen atoms in total. The van der Waals surface area contributed by atoms with Crippen LogP contribution in [0.3, 0.4) is 0 Å². The summed E-state index contributed by atoms with van der Waals surface area (Å²) >= 11 is 0. The molecule has 0 bridgehead atoms. The zero-order chi connectivity index (χ0) is 16.5. The molecule has 1 aliphatic rings. The number of nitrogens with zero attached hydrogens (tertiary/aromatic N) is 5. The molecule has 4 heterocycles. The lowest BCUT2D eigenvalue weighted by atomic mass is 10.1. The van der Waals surface area contributed by atoms with Crippen molar-refractivity contribution < 1.29 is 0 Å². The highest BCUT2D eigenvalue weighted by Crippen LogP contribution is 2.20. The molecule has 1 aliphatic heterocycles. The summed E-state index contributed by atoms with van der Waals surface area (Å²) in [6, 6.07) is 8.18. The zero-order valence-corrected chi connectivity index (χ0v) is 14.1. The minimum Gasteiger partial charge on any atom is -0.293 e. The van der Waals surface area contributed by atoms with Crippen molar-refractivity contribution in [3.63, 3.8) is 0 Å². The van der Waals surface area contributed by atoms with Gasteiger partial charge in [-0.15, -0.1) is 0 Å². The smallest absolute Gasteiger partial charge is 0.159 e. The van der Waals surface area contributed by atoms with E-state index in [0.717, 1.165) is 48.6 Å². The van der Waals surface area contributed by atoms with Crippen LogP contribution < -0.4 is 0 Å². The van der Waals surface area contributed by atoms with Crippen LogP contribution in [0.15, 0.2) is 36.7 Å². The average molecular weight is 319 g/mol. The molecule has 0 saturated carbocycles. The van der Waals surface area contributed by atoms with Gasteiger partial charge in [-0.2, -0.15) is 0 Å². The van der Waals surface area contributed by atoms with Gasteiger partial charge in [0.1, 0.15) is 5.82 Å². The molecule has 4 rings (SSSR count). The standard InChI is InChI=1S/C19H21N5/c1-13(2)18-21-10-15-11-24(9-7-17(15)23-18)12-16-6-5-14-4-3-8-20-19(14)22-16/h3-6,8,10,13H,7,9,11-12H2,1-2H3. The maximum absolute atomic E-state index is 4.73. The quantitative estimate of drug-likeness (QED) is 0.742. The number of pyridine rings is 2. The Hall–Kier alpha value is -2.40. The lowest BCUT2D eigenvalue weighted by molar-refractivity contribution is 0.240. The van der Waals surface area contributed by atoms with Crippen LogP contribution in [-0.4, -0.2) is 31.4 Å². The molecule has 3 aromatic heterocycles. The van der Waals surface area contributed by atoms with Gasteiger partial charge in [0.25, 0.3) is 0 Å². The number of aromatic nitrogens is 4. The molecule has 0 aliphatic carbocycles. The van der Waals surface area contributed by atoms with Crippen LogP contribution in [0.4, 0.5) is 0 Å². The Kier molecular flexibility index (Phi) is 3.94. The summed E-state index contributed by atoms with van der Waals surface area (Å²) in [6.07, 6.45) is 4.77. The van der Waals surface area contributed by atoms with Gasteiger partial charge in [0.05, 0.1) is 5.69 Å². The van der Waals surface area contributed by atoms with Crippen molar-refractivity contribution in [2.75, 3.05) is 6.54 Å². The minimum absolute atomic E-state index is 0.377. The summed E-state index contributed by atoms with van der Waals surface area (Å²) in [6.45, 7) is 6.99. The molecular formula is C19H21N5. The second-order valence-electron chi connectivity index (χ2n) is 6.67. The number of rotatable bonds is 3. The number of hydrogen-bond donors (Lipinski definition) is 0. The molecule has 0 N–H and O–H groups in total. The first-order chi connectivity index (χ1) is 11.7. The molecule has 5 heteroatoms. The van der Waals surface area contributed by atoms with E-state index in [2.05, 4.69) is 45.8 Å². The lowest BCUT2D eigenvalue weighted by Gasteiger charge is -2.28. The zero-order valence-electron chi connectivity index (χ0n) is 14.1. The van der Waals surface area contributed by atoms with Crippen LogP contribution in [0, 0.1) is 0 Å². The van der Waals surface area contributed by atoms with E-state index in [4.69, 9.17) is 4.98 Å². The summed E-state index contributed by atoms with van der Waals surface area (Å²) in [7, 11) is 0. The Bertz CT molecular complexity index is 875. The average Bonchev–Trinajstić information content (AvgIpc) is 2.61. The van der Waals surface area contributed by atoms with E-state index >= 15 is 0 Å². The monoisotopic (exact) mass is 319 g/mol. The van der Waals surface area contributed by atoms with Crippen molar-refractivity contribution in [3.05, 3.63) is 59.4 Å². The fraction of sp³-hybridized carbons (Fsp3) is 0.368.